The molecular formula is C10H10N2. The van der Waals surface area contributed by atoms with Crippen LogP contribution in [0.5, 0.6) is 0 Å². The van der Waals surface area contributed by atoms with Crippen molar-refractivity contribution in [2.45, 2.75) is 12.5 Å². The minimum absolute atomic E-state index is 0.429. The Labute approximate surface area is 72.0 Å². The Hall–Kier alpha value is -1.33. The first-order valence-corrected chi connectivity index (χ1v) is 4.07. The van der Waals surface area contributed by atoms with Crippen molar-refractivity contribution < 1.29 is 0 Å². The summed E-state index contributed by atoms with van der Waals surface area (Å²) in [5.41, 5.74) is 1.79. The lowest BCUT2D eigenvalue weighted by atomic mass is 10.0. The molecule has 0 unspecified atom stereocenters. The zero-order valence-corrected chi connectivity index (χ0v) is 6.75. The molecule has 1 aromatic heterocycles. The minimum atomic E-state index is 0.429. The Morgan fingerprint density at radius 3 is 3.00 bits per heavy atom. The first-order chi connectivity index (χ1) is 5.90. The third-order valence-corrected chi connectivity index (χ3v) is 2.10. The number of pyridine rings is 1. The summed E-state index contributed by atoms with van der Waals surface area (Å²) in [5.74, 6) is 2.53. The molecule has 0 bridgehead atoms. The highest BCUT2D eigenvalue weighted by Crippen LogP contribution is 2.20. The van der Waals surface area contributed by atoms with E-state index in [0.29, 0.717) is 6.04 Å². The van der Waals surface area contributed by atoms with Gasteiger partial charge in [-0.05, 0) is 25.1 Å². The zero-order chi connectivity index (χ0) is 8.39. The fourth-order valence-corrected chi connectivity index (χ4v) is 1.27. The predicted octanol–water partition coefficient (Wildman–Crippen LogP) is 1.10. The molecule has 1 aliphatic heterocycles. The van der Waals surface area contributed by atoms with E-state index in [1.54, 1.807) is 0 Å². The molecule has 2 heteroatoms. The Kier molecular flexibility index (Phi) is 1.81. The highest BCUT2D eigenvalue weighted by molar-refractivity contribution is 5.27. The van der Waals surface area contributed by atoms with Crippen LogP contribution in [-0.4, -0.2) is 11.5 Å². The lowest BCUT2D eigenvalue weighted by Crippen LogP contribution is -2.35. The Balaban J connectivity index is 2.27. The molecule has 1 atom stereocenters. The second-order valence-corrected chi connectivity index (χ2v) is 2.89. The van der Waals surface area contributed by atoms with E-state index in [2.05, 4.69) is 16.2 Å². The van der Waals surface area contributed by atoms with Gasteiger partial charge in [0.1, 0.15) is 5.69 Å². The van der Waals surface area contributed by atoms with Gasteiger partial charge in [-0.25, -0.2) is 4.98 Å². The SMILES string of the molecule is C#Cc1cccc([C@@H]2CCN2)n1. The molecule has 0 aliphatic carbocycles. The molecule has 0 amide bonds. The monoisotopic (exact) mass is 158 g/mol. The van der Waals surface area contributed by atoms with Crippen LogP contribution < -0.4 is 5.32 Å². The molecule has 0 aromatic carbocycles. The Morgan fingerprint density at radius 2 is 2.42 bits per heavy atom. The number of rotatable bonds is 1. The fraction of sp³-hybridized carbons (Fsp3) is 0.300. The molecule has 0 radical (unpaired) electrons. The number of terminal acetylenes is 1. The van der Waals surface area contributed by atoms with Gasteiger partial charge in [-0.2, -0.15) is 0 Å². The van der Waals surface area contributed by atoms with Crippen molar-refractivity contribution in [1.82, 2.24) is 10.3 Å². The topological polar surface area (TPSA) is 24.9 Å². The van der Waals surface area contributed by atoms with Crippen LogP contribution in [0.3, 0.4) is 0 Å². The summed E-state index contributed by atoms with van der Waals surface area (Å²) in [6, 6.07) is 6.25. The van der Waals surface area contributed by atoms with Crippen molar-refractivity contribution in [2.75, 3.05) is 6.54 Å². The van der Waals surface area contributed by atoms with E-state index >= 15 is 0 Å². The van der Waals surface area contributed by atoms with Crippen LogP contribution in [0.2, 0.25) is 0 Å². The highest BCUT2D eigenvalue weighted by atomic mass is 15.0. The summed E-state index contributed by atoms with van der Waals surface area (Å²) in [6.45, 7) is 1.09. The van der Waals surface area contributed by atoms with Gasteiger partial charge in [0.05, 0.1) is 11.7 Å². The molecule has 1 N–H and O–H groups in total. The molecule has 1 saturated heterocycles. The minimum Gasteiger partial charge on any atom is -0.309 e. The summed E-state index contributed by atoms with van der Waals surface area (Å²) in [7, 11) is 0. The van der Waals surface area contributed by atoms with Crippen LogP contribution in [0, 0.1) is 12.3 Å². The van der Waals surface area contributed by atoms with E-state index in [9.17, 15) is 0 Å². The van der Waals surface area contributed by atoms with Crippen molar-refractivity contribution in [3.05, 3.63) is 29.6 Å². The van der Waals surface area contributed by atoms with E-state index in [1.165, 1.54) is 6.42 Å². The van der Waals surface area contributed by atoms with Crippen molar-refractivity contribution in [3.63, 3.8) is 0 Å². The lowest BCUT2D eigenvalue weighted by Gasteiger charge is -2.26. The van der Waals surface area contributed by atoms with Crippen LogP contribution >= 0.6 is 0 Å². The van der Waals surface area contributed by atoms with Gasteiger partial charge in [-0.1, -0.05) is 12.0 Å². The van der Waals surface area contributed by atoms with Crippen LogP contribution in [0.25, 0.3) is 0 Å². The third-order valence-electron chi connectivity index (χ3n) is 2.10. The molecule has 1 aliphatic rings. The number of hydrogen-bond donors (Lipinski definition) is 1. The van der Waals surface area contributed by atoms with E-state index in [1.807, 2.05) is 18.2 Å². The molecule has 1 aromatic rings. The van der Waals surface area contributed by atoms with Crippen LogP contribution in [0.15, 0.2) is 18.2 Å². The first kappa shape index (κ1) is 7.33. The summed E-state index contributed by atoms with van der Waals surface area (Å²) < 4.78 is 0. The van der Waals surface area contributed by atoms with Gasteiger partial charge < -0.3 is 5.32 Å². The normalized spacial score (nSPS) is 21.1. The van der Waals surface area contributed by atoms with Crippen molar-refractivity contribution >= 4 is 0 Å². The summed E-state index contributed by atoms with van der Waals surface area (Å²) in [6.07, 6.45) is 6.41. The van der Waals surface area contributed by atoms with Crippen molar-refractivity contribution in [2.24, 2.45) is 0 Å². The standard InChI is InChI=1S/C10H10N2/c1-2-8-4-3-5-10(12-8)9-6-7-11-9/h1,3-5,9,11H,6-7H2/t9-/m0/s1. The van der Waals surface area contributed by atoms with Gasteiger partial charge in [0.2, 0.25) is 0 Å². The zero-order valence-electron chi connectivity index (χ0n) is 6.75. The van der Waals surface area contributed by atoms with E-state index in [4.69, 9.17) is 6.42 Å². The van der Waals surface area contributed by atoms with Crippen LogP contribution in [0.4, 0.5) is 0 Å². The number of hydrogen-bond acceptors (Lipinski definition) is 2. The highest BCUT2D eigenvalue weighted by Gasteiger charge is 2.19. The first-order valence-electron chi connectivity index (χ1n) is 4.07. The average Bonchev–Trinajstić information content (AvgIpc) is 2.02. The molecule has 1 fully saturated rings. The summed E-state index contributed by atoms with van der Waals surface area (Å²) >= 11 is 0. The van der Waals surface area contributed by atoms with Gasteiger partial charge in [0.25, 0.3) is 0 Å². The second-order valence-electron chi connectivity index (χ2n) is 2.89. The van der Waals surface area contributed by atoms with Gasteiger partial charge in [-0.15, -0.1) is 6.42 Å². The largest absolute Gasteiger partial charge is 0.309 e. The second kappa shape index (κ2) is 2.96. The van der Waals surface area contributed by atoms with E-state index in [0.717, 1.165) is 17.9 Å². The summed E-state index contributed by atoms with van der Waals surface area (Å²) in [5, 5.41) is 3.28. The third kappa shape index (κ3) is 1.19. The lowest BCUT2D eigenvalue weighted by molar-refractivity contribution is 0.375. The number of nitrogens with zero attached hydrogens (tertiary/aromatic N) is 1. The average molecular weight is 158 g/mol. The molecule has 0 saturated carbocycles. The summed E-state index contributed by atoms with van der Waals surface area (Å²) in [4.78, 5) is 4.31. The molecule has 2 rings (SSSR count). The van der Waals surface area contributed by atoms with E-state index < -0.39 is 0 Å². The maximum absolute atomic E-state index is 5.25. The Morgan fingerprint density at radius 1 is 1.58 bits per heavy atom. The van der Waals surface area contributed by atoms with Crippen molar-refractivity contribution in [3.8, 4) is 12.3 Å². The number of aromatic nitrogens is 1. The van der Waals surface area contributed by atoms with Crippen molar-refractivity contribution in [1.29, 1.82) is 0 Å². The van der Waals surface area contributed by atoms with Gasteiger partial charge in [-0.3, -0.25) is 0 Å². The fourth-order valence-electron chi connectivity index (χ4n) is 1.27. The molecule has 2 heterocycles. The quantitative estimate of drug-likeness (QED) is 0.619. The van der Waals surface area contributed by atoms with Crippen LogP contribution in [-0.2, 0) is 0 Å². The molecule has 60 valence electrons. The maximum atomic E-state index is 5.25. The molecule has 0 spiro atoms. The Bertz CT molecular complexity index is 321. The van der Waals surface area contributed by atoms with Crippen LogP contribution in [0.1, 0.15) is 23.9 Å². The van der Waals surface area contributed by atoms with Gasteiger partial charge in [0.15, 0.2) is 0 Å². The number of nitrogens with one attached hydrogen (secondary N) is 1. The predicted molar refractivity (Wildman–Crippen MR) is 47.5 cm³/mol. The molecule has 2 nitrogen and oxygen atoms in total. The molecular weight excluding hydrogens is 148 g/mol. The van der Waals surface area contributed by atoms with Gasteiger partial charge in [0, 0.05) is 0 Å². The maximum Gasteiger partial charge on any atom is 0.113 e. The van der Waals surface area contributed by atoms with E-state index in [-0.39, 0.29) is 0 Å². The smallest absolute Gasteiger partial charge is 0.113 e. The molecule has 12 heavy (non-hydrogen) atoms. The van der Waals surface area contributed by atoms with Gasteiger partial charge >= 0.3 is 0 Å².